The molecule has 1 aromatic carbocycles. The second-order valence-corrected chi connectivity index (χ2v) is 7.61. The van der Waals surface area contributed by atoms with Crippen LogP contribution in [0.1, 0.15) is 9.67 Å². The molecule has 0 bridgehead atoms. The lowest BCUT2D eigenvalue weighted by atomic mass is 10.3. The molecule has 7 heteroatoms. The number of halogens is 2. The lowest BCUT2D eigenvalue weighted by Gasteiger charge is -2.16. The molecule has 2 rings (SSSR count). The summed E-state index contributed by atoms with van der Waals surface area (Å²) in [4.78, 5) is 26.1. The molecular formula is C14H12Br2N2O2S. The minimum Gasteiger partial charge on any atom is -0.332 e. The third-order valence-electron chi connectivity index (χ3n) is 2.66. The molecule has 1 aromatic heterocycles. The molecule has 2 amide bonds. The van der Waals surface area contributed by atoms with E-state index in [0.29, 0.717) is 10.6 Å². The summed E-state index contributed by atoms with van der Waals surface area (Å²) in [5.74, 6) is -0.415. The highest BCUT2D eigenvalue weighted by atomic mass is 79.9. The highest BCUT2D eigenvalue weighted by Gasteiger charge is 2.17. The summed E-state index contributed by atoms with van der Waals surface area (Å²) < 4.78 is 1.69. The van der Waals surface area contributed by atoms with Gasteiger partial charge in [0.15, 0.2) is 0 Å². The van der Waals surface area contributed by atoms with Crippen LogP contribution in [0.5, 0.6) is 0 Å². The first-order valence-corrected chi connectivity index (χ1v) is 8.43. The molecule has 0 unspecified atom stereocenters. The molecule has 1 N–H and O–H groups in total. The Kier molecular flexibility index (Phi) is 5.55. The largest absolute Gasteiger partial charge is 0.332 e. The van der Waals surface area contributed by atoms with Crippen molar-refractivity contribution in [2.45, 2.75) is 0 Å². The van der Waals surface area contributed by atoms with Crippen molar-refractivity contribution in [3.8, 4) is 0 Å². The molecule has 0 aliphatic heterocycles. The zero-order valence-corrected chi connectivity index (χ0v) is 15.1. The average molecular weight is 432 g/mol. The van der Waals surface area contributed by atoms with Crippen LogP contribution >= 0.6 is 43.2 Å². The first kappa shape index (κ1) is 16.2. The molecule has 21 heavy (non-hydrogen) atoms. The average Bonchev–Trinajstić information content (AvgIpc) is 2.87. The predicted molar refractivity (Wildman–Crippen MR) is 91.8 cm³/mol. The number of benzene rings is 1. The van der Waals surface area contributed by atoms with Crippen LogP contribution in [-0.2, 0) is 4.79 Å². The van der Waals surface area contributed by atoms with E-state index in [9.17, 15) is 9.59 Å². The van der Waals surface area contributed by atoms with E-state index in [-0.39, 0.29) is 18.4 Å². The van der Waals surface area contributed by atoms with Crippen molar-refractivity contribution in [1.29, 1.82) is 0 Å². The normalized spacial score (nSPS) is 10.2. The number of hydrogen-bond donors (Lipinski definition) is 1. The van der Waals surface area contributed by atoms with Gasteiger partial charge in [-0.25, -0.2) is 0 Å². The molecule has 0 saturated carbocycles. The molecule has 0 saturated heterocycles. The van der Waals surface area contributed by atoms with Crippen molar-refractivity contribution in [3.05, 3.63) is 49.5 Å². The highest BCUT2D eigenvalue weighted by Crippen LogP contribution is 2.23. The number of nitrogens with one attached hydrogen (secondary N) is 1. The molecule has 2 aromatic rings. The van der Waals surface area contributed by atoms with E-state index >= 15 is 0 Å². The van der Waals surface area contributed by atoms with Crippen molar-refractivity contribution < 1.29 is 9.59 Å². The topological polar surface area (TPSA) is 49.4 Å². The number of carbonyl (C=O) groups is 2. The maximum absolute atomic E-state index is 12.1. The lowest BCUT2D eigenvalue weighted by molar-refractivity contribution is -0.116. The standard InChI is InChI=1S/C14H12Br2N2O2S/c1-18(14(20)11-6-7-12(16)21-11)8-13(19)17-10-5-3-2-4-9(10)15/h2-7H,8H2,1H3,(H,17,19). The Balaban J connectivity index is 1.96. The number of nitrogens with zero attached hydrogens (tertiary/aromatic N) is 1. The van der Waals surface area contributed by atoms with Crippen LogP contribution in [0.2, 0.25) is 0 Å². The van der Waals surface area contributed by atoms with E-state index in [1.165, 1.54) is 16.2 Å². The second-order valence-electron chi connectivity index (χ2n) is 4.29. The van der Waals surface area contributed by atoms with Gasteiger partial charge in [-0.05, 0) is 56.1 Å². The number of para-hydroxylation sites is 1. The predicted octanol–water partition coefficient (Wildman–Crippen LogP) is 3.98. The zero-order valence-electron chi connectivity index (χ0n) is 11.1. The Morgan fingerprint density at radius 2 is 1.90 bits per heavy atom. The SMILES string of the molecule is CN(CC(=O)Nc1ccccc1Br)C(=O)c1ccc(Br)s1. The summed E-state index contributed by atoms with van der Waals surface area (Å²) in [5.41, 5.74) is 0.683. The van der Waals surface area contributed by atoms with E-state index in [2.05, 4.69) is 37.2 Å². The Hall–Kier alpha value is -1.18. The van der Waals surface area contributed by atoms with Crippen LogP contribution in [0.3, 0.4) is 0 Å². The van der Waals surface area contributed by atoms with Crippen molar-refractivity contribution >= 4 is 60.7 Å². The molecule has 0 atom stereocenters. The zero-order chi connectivity index (χ0) is 15.4. The number of hydrogen-bond acceptors (Lipinski definition) is 3. The molecule has 0 radical (unpaired) electrons. The first-order chi connectivity index (χ1) is 9.97. The van der Waals surface area contributed by atoms with E-state index in [0.717, 1.165) is 8.26 Å². The Morgan fingerprint density at radius 3 is 2.52 bits per heavy atom. The fraction of sp³-hybridized carbons (Fsp3) is 0.143. The Bertz CT molecular complexity index is 672. The van der Waals surface area contributed by atoms with Gasteiger partial charge < -0.3 is 10.2 Å². The monoisotopic (exact) mass is 430 g/mol. The van der Waals surface area contributed by atoms with Crippen molar-refractivity contribution in [1.82, 2.24) is 4.90 Å². The summed E-state index contributed by atoms with van der Waals surface area (Å²) in [6, 6.07) is 10.9. The maximum Gasteiger partial charge on any atom is 0.264 e. The van der Waals surface area contributed by atoms with Gasteiger partial charge in [-0.3, -0.25) is 9.59 Å². The van der Waals surface area contributed by atoms with Gasteiger partial charge in [0.2, 0.25) is 5.91 Å². The summed E-state index contributed by atoms with van der Waals surface area (Å²) in [6.45, 7) is -0.00428. The van der Waals surface area contributed by atoms with E-state index in [1.54, 1.807) is 19.2 Å². The van der Waals surface area contributed by atoms with Crippen LogP contribution in [-0.4, -0.2) is 30.3 Å². The highest BCUT2D eigenvalue weighted by molar-refractivity contribution is 9.11. The number of anilines is 1. The molecular weight excluding hydrogens is 420 g/mol. The maximum atomic E-state index is 12.1. The quantitative estimate of drug-likeness (QED) is 0.795. The summed E-state index contributed by atoms with van der Waals surface area (Å²) in [5, 5.41) is 2.77. The van der Waals surface area contributed by atoms with Gasteiger partial charge in [0, 0.05) is 11.5 Å². The number of carbonyl (C=O) groups excluding carboxylic acids is 2. The summed E-state index contributed by atoms with van der Waals surface area (Å²) >= 11 is 8.02. The molecule has 0 aliphatic carbocycles. The van der Waals surface area contributed by atoms with Crippen molar-refractivity contribution in [2.75, 3.05) is 18.9 Å². The molecule has 110 valence electrons. The molecule has 0 fully saturated rings. The minimum atomic E-state index is -0.242. The fourth-order valence-electron chi connectivity index (χ4n) is 1.66. The van der Waals surface area contributed by atoms with Crippen LogP contribution < -0.4 is 5.32 Å². The van der Waals surface area contributed by atoms with Gasteiger partial charge in [-0.1, -0.05) is 12.1 Å². The van der Waals surface area contributed by atoms with Gasteiger partial charge in [0.05, 0.1) is 20.9 Å². The number of likely N-dealkylation sites (N-methyl/N-ethyl adjacent to an activating group) is 1. The summed E-state index contributed by atoms with van der Waals surface area (Å²) in [7, 11) is 1.61. The van der Waals surface area contributed by atoms with Gasteiger partial charge in [0.25, 0.3) is 5.91 Å². The third kappa shape index (κ3) is 4.39. The Morgan fingerprint density at radius 1 is 1.19 bits per heavy atom. The third-order valence-corrected chi connectivity index (χ3v) is 4.96. The second kappa shape index (κ2) is 7.20. The smallest absolute Gasteiger partial charge is 0.264 e. The van der Waals surface area contributed by atoms with E-state index < -0.39 is 0 Å². The van der Waals surface area contributed by atoms with Crippen molar-refractivity contribution in [2.24, 2.45) is 0 Å². The fourth-order valence-corrected chi connectivity index (χ4v) is 3.42. The number of thiophene rings is 1. The Labute approximate surface area is 143 Å². The van der Waals surface area contributed by atoms with Gasteiger partial charge in [0.1, 0.15) is 0 Å². The first-order valence-electron chi connectivity index (χ1n) is 6.02. The molecule has 4 nitrogen and oxygen atoms in total. The van der Waals surface area contributed by atoms with E-state index in [4.69, 9.17) is 0 Å². The lowest BCUT2D eigenvalue weighted by Crippen LogP contribution is -2.34. The van der Waals surface area contributed by atoms with Gasteiger partial charge >= 0.3 is 0 Å². The van der Waals surface area contributed by atoms with Crippen LogP contribution in [0, 0.1) is 0 Å². The summed E-state index contributed by atoms with van der Waals surface area (Å²) in [6.07, 6.45) is 0. The number of rotatable bonds is 4. The van der Waals surface area contributed by atoms with Crippen LogP contribution in [0.25, 0.3) is 0 Å². The van der Waals surface area contributed by atoms with Gasteiger partial charge in [-0.2, -0.15) is 0 Å². The minimum absolute atomic E-state index is 0.00428. The number of amides is 2. The van der Waals surface area contributed by atoms with Crippen molar-refractivity contribution in [3.63, 3.8) is 0 Å². The van der Waals surface area contributed by atoms with Crippen LogP contribution in [0.15, 0.2) is 44.7 Å². The molecule has 0 spiro atoms. The van der Waals surface area contributed by atoms with Gasteiger partial charge in [-0.15, -0.1) is 11.3 Å². The van der Waals surface area contributed by atoms with E-state index in [1.807, 2.05) is 24.3 Å². The molecule has 1 heterocycles. The van der Waals surface area contributed by atoms with Crippen LogP contribution in [0.4, 0.5) is 5.69 Å². The molecule has 0 aliphatic rings.